The number of amides is 1. The molecule has 0 bridgehead atoms. The molecule has 1 amide bonds. The molecule has 150 valence electrons. The van der Waals surface area contributed by atoms with Crippen molar-refractivity contribution in [1.29, 1.82) is 0 Å². The molecule has 0 spiro atoms. The van der Waals surface area contributed by atoms with Crippen LogP contribution < -0.4 is 4.74 Å². The quantitative estimate of drug-likeness (QED) is 0.648. The van der Waals surface area contributed by atoms with Crippen LogP contribution in [-0.4, -0.2) is 54.0 Å². The molecule has 2 aromatic carbocycles. The summed E-state index contributed by atoms with van der Waals surface area (Å²) in [6.45, 7) is 3.12. The Bertz CT molecular complexity index is 1050. The van der Waals surface area contributed by atoms with Gasteiger partial charge in [-0.25, -0.2) is 4.39 Å². The average molecular weight is 414 g/mol. The van der Waals surface area contributed by atoms with Gasteiger partial charge in [0, 0.05) is 54.9 Å². The van der Waals surface area contributed by atoms with Gasteiger partial charge >= 0.3 is 0 Å². The van der Waals surface area contributed by atoms with Gasteiger partial charge < -0.3 is 9.64 Å². The predicted molar refractivity (Wildman–Crippen MR) is 111 cm³/mol. The SMILES string of the molecule is COc1ccc(F)cc1CN1CCN(C(=O)c2cc(Cl)cc3cccnc23)CC1. The molecule has 0 saturated carbocycles. The Labute approximate surface area is 173 Å². The topological polar surface area (TPSA) is 45.7 Å². The molecule has 0 aliphatic carbocycles. The number of hydrogen-bond acceptors (Lipinski definition) is 4. The Morgan fingerprint density at radius 1 is 1.17 bits per heavy atom. The normalized spacial score (nSPS) is 14.9. The molecular weight excluding hydrogens is 393 g/mol. The highest BCUT2D eigenvalue weighted by Crippen LogP contribution is 2.25. The minimum Gasteiger partial charge on any atom is -0.496 e. The molecule has 7 heteroatoms. The van der Waals surface area contributed by atoms with Crippen LogP contribution >= 0.6 is 11.6 Å². The number of rotatable bonds is 4. The molecule has 4 rings (SSSR count). The number of carbonyl (C=O) groups is 1. The van der Waals surface area contributed by atoms with Gasteiger partial charge in [-0.15, -0.1) is 0 Å². The molecule has 1 saturated heterocycles. The first-order valence-corrected chi connectivity index (χ1v) is 9.81. The van der Waals surface area contributed by atoms with Crippen LogP contribution in [0.2, 0.25) is 5.02 Å². The van der Waals surface area contributed by atoms with Crippen LogP contribution in [0, 0.1) is 5.82 Å². The van der Waals surface area contributed by atoms with E-state index in [1.54, 1.807) is 25.4 Å². The lowest BCUT2D eigenvalue weighted by atomic mass is 10.1. The van der Waals surface area contributed by atoms with Gasteiger partial charge in [-0.1, -0.05) is 17.7 Å². The summed E-state index contributed by atoms with van der Waals surface area (Å²) in [5.41, 5.74) is 1.99. The summed E-state index contributed by atoms with van der Waals surface area (Å²) in [6, 6.07) is 11.7. The van der Waals surface area contributed by atoms with Crippen molar-refractivity contribution in [2.45, 2.75) is 6.54 Å². The van der Waals surface area contributed by atoms with Crippen LogP contribution in [-0.2, 0) is 6.54 Å². The van der Waals surface area contributed by atoms with E-state index < -0.39 is 0 Å². The minimum atomic E-state index is -0.282. The van der Waals surface area contributed by atoms with Crippen LogP contribution in [0.5, 0.6) is 5.75 Å². The number of benzene rings is 2. The van der Waals surface area contributed by atoms with E-state index >= 15 is 0 Å². The second-order valence-corrected chi connectivity index (χ2v) is 7.49. The summed E-state index contributed by atoms with van der Waals surface area (Å²) in [5.74, 6) is 0.315. The van der Waals surface area contributed by atoms with Crippen molar-refractivity contribution < 1.29 is 13.9 Å². The van der Waals surface area contributed by atoms with Crippen molar-refractivity contribution in [2.24, 2.45) is 0 Å². The Morgan fingerprint density at radius 2 is 1.97 bits per heavy atom. The summed E-state index contributed by atoms with van der Waals surface area (Å²) in [6.07, 6.45) is 1.68. The molecule has 1 aromatic heterocycles. The lowest BCUT2D eigenvalue weighted by Crippen LogP contribution is -2.48. The minimum absolute atomic E-state index is 0.0702. The molecule has 1 fully saturated rings. The zero-order valence-electron chi connectivity index (χ0n) is 16.1. The maximum atomic E-state index is 13.6. The van der Waals surface area contributed by atoms with E-state index in [0.717, 1.165) is 10.9 Å². The van der Waals surface area contributed by atoms with Gasteiger partial charge in [-0.05, 0) is 36.4 Å². The maximum absolute atomic E-state index is 13.6. The Morgan fingerprint density at radius 3 is 2.72 bits per heavy atom. The highest BCUT2D eigenvalue weighted by Gasteiger charge is 2.24. The highest BCUT2D eigenvalue weighted by atomic mass is 35.5. The summed E-state index contributed by atoms with van der Waals surface area (Å²) in [4.78, 5) is 21.5. The van der Waals surface area contributed by atoms with Gasteiger partial charge in [0.2, 0.25) is 0 Å². The monoisotopic (exact) mass is 413 g/mol. The van der Waals surface area contributed by atoms with E-state index in [4.69, 9.17) is 16.3 Å². The third kappa shape index (κ3) is 4.18. The van der Waals surface area contributed by atoms with Crippen LogP contribution in [0.1, 0.15) is 15.9 Å². The summed E-state index contributed by atoms with van der Waals surface area (Å²) >= 11 is 6.21. The highest BCUT2D eigenvalue weighted by molar-refractivity contribution is 6.32. The van der Waals surface area contributed by atoms with Gasteiger partial charge in [0.25, 0.3) is 5.91 Å². The largest absolute Gasteiger partial charge is 0.496 e. The zero-order chi connectivity index (χ0) is 20.4. The van der Waals surface area contributed by atoms with Gasteiger partial charge in [-0.3, -0.25) is 14.7 Å². The Hall–Kier alpha value is -2.70. The van der Waals surface area contributed by atoms with Gasteiger partial charge in [0.15, 0.2) is 0 Å². The summed E-state index contributed by atoms with van der Waals surface area (Å²) in [5, 5.41) is 1.37. The molecule has 1 aliphatic rings. The number of fused-ring (bicyclic) bond motifs is 1. The first kappa shape index (κ1) is 19.6. The second-order valence-electron chi connectivity index (χ2n) is 7.05. The predicted octanol–water partition coefficient (Wildman–Crippen LogP) is 3.99. The van der Waals surface area contributed by atoms with Crippen molar-refractivity contribution >= 4 is 28.4 Å². The Balaban J connectivity index is 1.47. The van der Waals surface area contributed by atoms with Crippen LogP contribution in [0.25, 0.3) is 10.9 Å². The first-order valence-electron chi connectivity index (χ1n) is 9.43. The standard InChI is InChI=1S/C22H21ClFN3O2/c1-29-20-5-4-18(24)12-16(20)14-26-7-9-27(10-8-26)22(28)19-13-17(23)11-15-3-2-6-25-21(15)19/h2-6,11-13H,7-10,14H2,1H3. The molecule has 0 radical (unpaired) electrons. The number of piperazine rings is 1. The molecule has 0 atom stereocenters. The molecular formula is C22H21ClFN3O2. The zero-order valence-corrected chi connectivity index (χ0v) is 16.8. The van der Waals surface area contributed by atoms with Crippen molar-refractivity contribution in [3.05, 3.63) is 70.6 Å². The fourth-order valence-electron chi connectivity index (χ4n) is 3.71. The number of pyridine rings is 1. The number of methoxy groups -OCH3 is 1. The van der Waals surface area contributed by atoms with Crippen molar-refractivity contribution in [2.75, 3.05) is 33.3 Å². The van der Waals surface area contributed by atoms with Crippen LogP contribution in [0.4, 0.5) is 4.39 Å². The molecule has 29 heavy (non-hydrogen) atoms. The number of aromatic nitrogens is 1. The number of hydrogen-bond donors (Lipinski definition) is 0. The van der Waals surface area contributed by atoms with E-state index in [1.807, 2.05) is 23.1 Å². The third-order valence-electron chi connectivity index (χ3n) is 5.20. The van der Waals surface area contributed by atoms with Crippen LogP contribution in [0.15, 0.2) is 48.7 Å². The average Bonchev–Trinajstić information content (AvgIpc) is 2.73. The number of halogens is 2. The summed E-state index contributed by atoms with van der Waals surface area (Å²) < 4.78 is 18.9. The molecule has 0 unspecified atom stereocenters. The molecule has 5 nitrogen and oxygen atoms in total. The van der Waals surface area contributed by atoms with E-state index in [-0.39, 0.29) is 11.7 Å². The lowest BCUT2D eigenvalue weighted by molar-refractivity contribution is 0.0629. The third-order valence-corrected chi connectivity index (χ3v) is 5.41. The van der Waals surface area contributed by atoms with E-state index in [0.29, 0.717) is 54.6 Å². The first-order chi connectivity index (χ1) is 14.0. The van der Waals surface area contributed by atoms with Gasteiger partial charge in [0.05, 0.1) is 18.2 Å². The number of ether oxygens (including phenoxy) is 1. The van der Waals surface area contributed by atoms with E-state index in [2.05, 4.69) is 9.88 Å². The Kier molecular flexibility index (Phi) is 5.65. The fourth-order valence-corrected chi connectivity index (χ4v) is 3.94. The smallest absolute Gasteiger partial charge is 0.256 e. The molecule has 2 heterocycles. The number of carbonyl (C=O) groups excluding carboxylic acids is 1. The lowest BCUT2D eigenvalue weighted by Gasteiger charge is -2.35. The maximum Gasteiger partial charge on any atom is 0.256 e. The van der Waals surface area contributed by atoms with Crippen molar-refractivity contribution in [3.63, 3.8) is 0 Å². The van der Waals surface area contributed by atoms with Gasteiger partial charge in [0.1, 0.15) is 11.6 Å². The van der Waals surface area contributed by atoms with Gasteiger partial charge in [-0.2, -0.15) is 0 Å². The van der Waals surface area contributed by atoms with E-state index in [9.17, 15) is 9.18 Å². The number of nitrogens with zero attached hydrogens (tertiary/aromatic N) is 3. The van der Waals surface area contributed by atoms with Crippen molar-refractivity contribution in [1.82, 2.24) is 14.8 Å². The molecule has 0 N–H and O–H groups in total. The summed E-state index contributed by atoms with van der Waals surface area (Å²) in [7, 11) is 1.58. The van der Waals surface area contributed by atoms with Crippen LogP contribution in [0.3, 0.4) is 0 Å². The molecule has 3 aromatic rings. The van der Waals surface area contributed by atoms with Crippen molar-refractivity contribution in [3.8, 4) is 5.75 Å². The van der Waals surface area contributed by atoms with E-state index in [1.165, 1.54) is 12.1 Å². The fraction of sp³-hybridized carbons (Fsp3) is 0.273. The second kappa shape index (κ2) is 8.35. The molecule has 1 aliphatic heterocycles.